The minimum Gasteiger partial charge on any atom is -0.148 e. The number of hydrogen-bond acceptors (Lipinski definition) is 2. The lowest BCUT2D eigenvalue weighted by Crippen LogP contribution is -1.69. The van der Waals surface area contributed by atoms with Gasteiger partial charge in [0.25, 0.3) is 0 Å². The molecule has 0 nitrogen and oxygen atoms in total. The molecule has 0 saturated carbocycles. The van der Waals surface area contributed by atoms with Crippen molar-refractivity contribution < 1.29 is 0 Å². The first-order valence-corrected chi connectivity index (χ1v) is 4.92. The Labute approximate surface area is 72.7 Å². The number of aryl methyl sites for hydroxylation is 1. The van der Waals surface area contributed by atoms with Crippen molar-refractivity contribution in [3.05, 3.63) is 16.3 Å². The summed E-state index contributed by atoms with van der Waals surface area (Å²) in [4.78, 5) is 2.52. The molecule has 0 amide bonds. The van der Waals surface area contributed by atoms with Crippen molar-refractivity contribution in [2.24, 2.45) is 0 Å². The Morgan fingerprint density at radius 2 is 2.10 bits per heavy atom. The van der Waals surface area contributed by atoms with Gasteiger partial charge in [-0.2, -0.15) is 0 Å². The summed E-state index contributed by atoms with van der Waals surface area (Å²) in [5.74, 6) is 0. The van der Waals surface area contributed by atoms with Gasteiger partial charge in [-0.15, -0.1) is 24.0 Å². The second kappa shape index (κ2) is 5.81. The molecule has 58 valence electrons. The first kappa shape index (κ1) is 10.0. The molecule has 0 spiro atoms. The highest BCUT2D eigenvalue weighted by atomic mass is 32.1. The van der Waals surface area contributed by atoms with E-state index in [0.717, 1.165) is 11.3 Å². The summed E-state index contributed by atoms with van der Waals surface area (Å²) in [5, 5.41) is 2.07. The summed E-state index contributed by atoms with van der Waals surface area (Å²) < 4.78 is 0. The first-order valence-electron chi connectivity index (χ1n) is 3.60. The maximum absolute atomic E-state index is 4.24. The molecule has 1 aromatic heterocycles. The molecule has 0 aliphatic heterocycles. The van der Waals surface area contributed by atoms with Gasteiger partial charge in [0.05, 0.1) is 0 Å². The molecule has 0 radical (unpaired) electrons. The fourth-order valence-corrected chi connectivity index (χ4v) is 1.81. The highest BCUT2D eigenvalue weighted by Gasteiger charge is 1.93. The summed E-state index contributed by atoms with van der Waals surface area (Å²) in [7, 11) is 0. The van der Waals surface area contributed by atoms with Gasteiger partial charge in [0.2, 0.25) is 0 Å². The van der Waals surface area contributed by atoms with Crippen LogP contribution in [0.3, 0.4) is 0 Å². The lowest BCUT2D eigenvalue weighted by molar-refractivity contribution is 1.14. The van der Waals surface area contributed by atoms with Gasteiger partial charge in [0.15, 0.2) is 0 Å². The van der Waals surface area contributed by atoms with E-state index < -0.39 is 0 Å². The Morgan fingerprint density at radius 3 is 2.30 bits per heavy atom. The number of thiophene rings is 1. The topological polar surface area (TPSA) is 0 Å². The van der Waals surface area contributed by atoms with Gasteiger partial charge < -0.3 is 0 Å². The normalized spacial score (nSPS) is 8.40. The van der Waals surface area contributed by atoms with Crippen LogP contribution in [0.4, 0.5) is 0 Å². The van der Waals surface area contributed by atoms with E-state index in [-0.39, 0.29) is 0 Å². The minimum absolute atomic E-state index is 1.11. The van der Waals surface area contributed by atoms with Crippen molar-refractivity contribution >= 4 is 24.0 Å². The standard InChI is InChI=1S/C6H8S2.C2H6/c1-2-6-5(7)3-4-8-6;1-2/h3-4,7H,2H2,1H3;1-2H3. The van der Waals surface area contributed by atoms with Crippen LogP contribution in [0.25, 0.3) is 0 Å². The molecule has 2 heteroatoms. The van der Waals surface area contributed by atoms with E-state index in [4.69, 9.17) is 0 Å². The maximum atomic E-state index is 4.24. The SMILES string of the molecule is CC.CCc1sccc1S. The molecule has 0 saturated heterocycles. The minimum atomic E-state index is 1.11. The lowest BCUT2D eigenvalue weighted by atomic mass is 10.4. The Bertz CT molecular complexity index is 168. The fraction of sp³-hybridized carbons (Fsp3) is 0.500. The van der Waals surface area contributed by atoms with E-state index in [1.807, 2.05) is 19.9 Å². The van der Waals surface area contributed by atoms with E-state index in [1.54, 1.807) is 11.3 Å². The van der Waals surface area contributed by atoms with Crippen LogP contribution in [-0.4, -0.2) is 0 Å². The molecular weight excluding hydrogens is 160 g/mol. The molecular formula is C8H14S2. The summed E-state index contributed by atoms with van der Waals surface area (Å²) in [5.41, 5.74) is 0. The van der Waals surface area contributed by atoms with Crippen LogP contribution in [-0.2, 0) is 6.42 Å². The molecule has 0 fully saturated rings. The quantitative estimate of drug-likeness (QED) is 0.618. The van der Waals surface area contributed by atoms with Crippen LogP contribution in [0.5, 0.6) is 0 Å². The fourth-order valence-electron chi connectivity index (χ4n) is 0.598. The predicted molar refractivity (Wildman–Crippen MR) is 52.3 cm³/mol. The van der Waals surface area contributed by atoms with E-state index in [0.29, 0.717) is 0 Å². The van der Waals surface area contributed by atoms with Gasteiger partial charge in [-0.3, -0.25) is 0 Å². The van der Waals surface area contributed by atoms with Crippen molar-refractivity contribution in [3.8, 4) is 0 Å². The molecule has 1 heterocycles. The van der Waals surface area contributed by atoms with Crippen LogP contribution < -0.4 is 0 Å². The Kier molecular flexibility index (Phi) is 5.84. The average Bonchev–Trinajstić information content (AvgIpc) is 2.39. The molecule has 0 aliphatic rings. The summed E-state index contributed by atoms with van der Waals surface area (Å²) in [6, 6.07) is 2.03. The van der Waals surface area contributed by atoms with E-state index in [1.165, 1.54) is 4.88 Å². The molecule has 0 aliphatic carbocycles. The summed E-state index contributed by atoms with van der Waals surface area (Å²) in [6.07, 6.45) is 1.11. The third-order valence-corrected chi connectivity index (χ3v) is 2.68. The Hall–Kier alpha value is 0.0500. The van der Waals surface area contributed by atoms with Gasteiger partial charge in [0, 0.05) is 9.77 Å². The largest absolute Gasteiger partial charge is 0.148 e. The van der Waals surface area contributed by atoms with Crippen LogP contribution in [0.15, 0.2) is 16.3 Å². The van der Waals surface area contributed by atoms with Crippen LogP contribution in [0.1, 0.15) is 25.6 Å². The van der Waals surface area contributed by atoms with Crippen LogP contribution in [0.2, 0.25) is 0 Å². The molecule has 1 rings (SSSR count). The Morgan fingerprint density at radius 1 is 1.50 bits per heavy atom. The first-order chi connectivity index (χ1) is 4.84. The number of hydrogen-bond donors (Lipinski definition) is 1. The predicted octanol–water partition coefficient (Wildman–Crippen LogP) is 3.63. The lowest BCUT2D eigenvalue weighted by Gasteiger charge is -1.86. The third-order valence-electron chi connectivity index (χ3n) is 1.04. The van der Waals surface area contributed by atoms with Crippen molar-refractivity contribution in [2.75, 3.05) is 0 Å². The van der Waals surface area contributed by atoms with Crippen molar-refractivity contribution in [3.63, 3.8) is 0 Å². The molecule has 0 atom stereocenters. The van der Waals surface area contributed by atoms with Crippen LogP contribution >= 0.6 is 24.0 Å². The van der Waals surface area contributed by atoms with Gasteiger partial charge in [-0.25, -0.2) is 0 Å². The third kappa shape index (κ3) is 2.76. The van der Waals surface area contributed by atoms with E-state index >= 15 is 0 Å². The average molecular weight is 174 g/mol. The molecule has 0 aromatic carbocycles. The summed E-state index contributed by atoms with van der Waals surface area (Å²) >= 11 is 6.01. The highest BCUT2D eigenvalue weighted by Crippen LogP contribution is 2.19. The van der Waals surface area contributed by atoms with Crippen molar-refractivity contribution in [2.45, 2.75) is 32.1 Å². The monoisotopic (exact) mass is 174 g/mol. The second-order valence-electron chi connectivity index (χ2n) is 1.58. The van der Waals surface area contributed by atoms with Gasteiger partial charge >= 0.3 is 0 Å². The highest BCUT2D eigenvalue weighted by molar-refractivity contribution is 7.80. The Balaban J connectivity index is 0.000000371. The number of rotatable bonds is 1. The zero-order chi connectivity index (χ0) is 7.98. The zero-order valence-corrected chi connectivity index (χ0v) is 8.43. The molecule has 10 heavy (non-hydrogen) atoms. The van der Waals surface area contributed by atoms with Gasteiger partial charge in [-0.05, 0) is 17.9 Å². The molecule has 0 bridgehead atoms. The van der Waals surface area contributed by atoms with Crippen molar-refractivity contribution in [1.29, 1.82) is 0 Å². The summed E-state index contributed by atoms with van der Waals surface area (Å²) in [6.45, 7) is 6.14. The molecule has 1 aromatic rings. The van der Waals surface area contributed by atoms with Crippen LogP contribution in [0, 0.1) is 0 Å². The number of thiol groups is 1. The zero-order valence-electron chi connectivity index (χ0n) is 6.72. The van der Waals surface area contributed by atoms with E-state index in [2.05, 4.69) is 24.9 Å². The molecule has 0 unspecified atom stereocenters. The smallest absolute Gasteiger partial charge is 0.0179 e. The second-order valence-corrected chi connectivity index (χ2v) is 3.07. The van der Waals surface area contributed by atoms with E-state index in [9.17, 15) is 0 Å². The molecule has 0 N–H and O–H groups in total. The van der Waals surface area contributed by atoms with Gasteiger partial charge in [-0.1, -0.05) is 20.8 Å². The van der Waals surface area contributed by atoms with Gasteiger partial charge in [0.1, 0.15) is 0 Å². The maximum Gasteiger partial charge on any atom is 0.0179 e. The van der Waals surface area contributed by atoms with Crippen molar-refractivity contribution in [1.82, 2.24) is 0 Å².